The molecule has 5 heteroatoms. The van der Waals surface area contributed by atoms with Crippen molar-refractivity contribution < 1.29 is 0 Å². The summed E-state index contributed by atoms with van der Waals surface area (Å²) in [4.78, 5) is 0. The van der Waals surface area contributed by atoms with E-state index in [0.717, 1.165) is 6.54 Å². The quantitative estimate of drug-likeness (QED) is 0.562. The molecule has 0 spiro atoms. The first-order valence-corrected chi connectivity index (χ1v) is 3.32. The van der Waals surface area contributed by atoms with Crippen LogP contribution in [0.1, 0.15) is 5.56 Å². The Hall–Kier alpha value is 0.200. The molecule has 0 radical (unpaired) electrons. The van der Waals surface area contributed by atoms with Gasteiger partial charge in [-0.15, -0.1) is 24.8 Å². The molecule has 0 aliphatic carbocycles. The summed E-state index contributed by atoms with van der Waals surface area (Å²) in [6, 6.07) is 2.05. The molecule has 0 aliphatic rings. The Balaban J connectivity index is 0. The summed E-state index contributed by atoms with van der Waals surface area (Å²) < 4.78 is 0. The van der Waals surface area contributed by atoms with Gasteiger partial charge in [-0.1, -0.05) is 0 Å². The molecule has 0 amide bonds. The number of hydrogen-bond donors (Lipinski definition) is 2. The van der Waals surface area contributed by atoms with Gasteiger partial charge in [-0.05, 0) is 22.4 Å². The maximum atomic E-state index is 5.07. The lowest BCUT2D eigenvalue weighted by Crippen LogP contribution is -2.20. The number of hydrogen-bond acceptors (Lipinski definition) is 3. The number of nitrogens with one attached hydrogen (secondary N) is 1. The molecule has 60 valence electrons. The van der Waals surface area contributed by atoms with Gasteiger partial charge in [0.15, 0.2) is 0 Å². The van der Waals surface area contributed by atoms with Crippen LogP contribution in [0, 0.1) is 0 Å². The smallest absolute Gasteiger partial charge is 0.0356 e. The maximum Gasteiger partial charge on any atom is 0.0356 e. The predicted octanol–water partition coefficient (Wildman–Crippen LogP) is 1.56. The predicted molar refractivity (Wildman–Crippen MR) is 49.8 cm³/mol. The Morgan fingerprint density at radius 3 is 2.60 bits per heavy atom. The normalized spacial score (nSPS) is 7.70. The summed E-state index contributed by atoms with van der Waals surface area (Å²) >= 11 is 1.68. The van der Waals surface area contributed by atoms with Crippen LogP contribution in [-0.4, -0.2) is 0 Å². The highest BCUT2D eigenvalue weighted by atomic mass is 35.5. The third-order valence-electron chi connectivity index (χ3n) is 0.886. The SMILES string of the molecule is Cl.Cl.NNCc1ccsc1. The molecule has 3 N–H and O–H groups in total. The number of halogens is 2. The highest BCUT2D eigenvalue weighted by Gasteiger charge is 1.86. The zero-order chi connectivity index (χ0) is 5.82. The summed E-state index contributed by atoms with van der Waals surface area (Å²) in [5.74, 6) is 5.07. The molecule has 1 rings (SSSR count). The Kier molecular flexibility index (Phi) is 9.38. The van der Waals surface area contributed by atoms with Crippen molar-refractivity contribution >= 4 is 36.2 Å². The average molecular weight is 201 g/mol. The molecule has 0 aromatic carbocycles. The van der Waals surface area contributed by atoms with Crippen LogP contribution in [0.25, 0.3) is 0 Å². The molecule has 10 heavy (non-hydrogen) atoms. The molecule has 1 aromatic heterocycles. The van der Waals surface area contributed by atoms with Gasteiger partial charge in [-0.3, -0.25) is 11.3 Å². The summed E-state index contributed by atoms with van der Waals surface area (Å²) in [7, 11) is 0. The lowest BCUT2D eigenvalue weighted by atomic mass is 10.3. The molecule has 0 unspecified atom stereocenters. The zero-order valence-electron chi connectivity index (χ0n) is 5.24. The van der Waals surface area contributed by atoms with Crippen LogP contribution in [-0.2, 0) is 6.54 Å². The molecule has 0 saturated heterocycles. The van der Waals surface area contributed by atoms with Gasteiger partial charge >= 0.3 is 0 Å². The van der Waals surface area contributed by atoms with Crippen molar-refractivity contribution in [2.24, 2.45) is 5.84 Å². The average Bonchev–Trinajstić information content (AvgIpc) is 2.19. The Morgan fingerprint density at radius 1 is 1.50 bits per heavy atom. The van der Waals surface area contributed by atoms with Gasteiger partial charge in [0.1, 0.15) is 0 Å². The van der Waals surface area contributed by atoms with Crippen molar-refractivity contribution in [1.29, 1.82) is 0 Å². The summed E-state index contributed by atoms with van der Waals surface area (Å²) in [5.41, 5.74) is 3.82. The van der Waals surface area contributed by atoms with Crippen LogP contribution >= 0.6 is 36.2 Å². The van der Waals surface area contributed by atoms with Crippen molar-refractivity contribution in [3.05, 3.63) is 22.4 Å². The lowest BCUT2D eigenvalue weighted by molar-refractivity contribution is 0.743. The molecular formula is C5H10Cl2N2S. The van der Waals surface area contributed by atoms with E-state index in [0.29, 0.717) is 0 Å². The topological polar surface area (TPSA) is 38.0 Å². The van der Waals surface area contributed by atoms with Gasteiger partial charge in [-0.2, -0.15) is 11.3 Å². The second-order valence-electron chi connectivity index (χ2n) is 1.51. The Morgan fingerprint density at radius 2 is 2.20 bits per heavy atom. The first-order chi connectivity index (χ1) is 3.93. The molecule has 0 saturated carbocycles. The van der Waals surface area contributed by atoms with E-state index in [1.54, 1.807) is 11.3 Å². The second kappa shape index (κ2) is 7.31. The van der Waals surface area contributed by atoms with E-state index in [9.17, 15) is 0 Å². The fourth-order valence-corrected chi connectivity index (χ4v) is 1.18. The fourth-order valence-electron chi connectivity index (χ4n) is 0.511. The summed E-state index contributed by atoms with van der Waals surface area (Å²) in [6.07, 6.45) is 0. The van der Waals surface area contributed by atoms with Gasteiger partial charge in [0.2, 0.25) is 0 Å². The van der Waals surface area contributed by atoms with Crippen molar-refractivity contribution in [3.63, 3.8) is 0 Å². The monoisotopic (exact) mass is 200 g/mol. The van der Waals surface area contributed by atoms with Crippen LogP contribution < -0.4 is 11.3 Å². The summed E-state index contributed by atoms with van der Waals surface area (Å²) in [5, 5.41) is 4.10. The standard InChI is InChI=1S/C5H8N2S.2ClH/c6-7-3-5-1-2-8-4-5;;/h1-2,4,7H,3,6H2;2*1H. The maximum absolute atomic E-state index is 5.07. The van der Waals surface area contributed by atoms with E-state index < -0.39 is 0 Å². The molecule has 1 aromatic rings. The number of hydrazine groups is 1. The van der Waals surface area contributed by atoms with Crippen LogP contribution in [0.15, 0.2) is 16.8 Å². The summed E-state index contributed by atoms with van der Waals surface area (Å²) in [6.45, 7) is 0.767. The lowest BCUT2D eigenvalue weighted by Gasteiger charge is -1.89. The van der Waals surface area contributed by atoms with Crippen molar-refractivity contribution in [3.8, 4) is 0 Å². The Bertz CT molecular complexity index is 143. The van der Waals surface area contributed by atoms with Gasteiger partial charge < -0.3 is 0 Å². The first-order valence-electron chi connectivity index (χ1n) is 2.38. The van der Waals surface area contributed by atoms with Crippen LogP contribution in [0.2, 0.25) is 0 Å². The minimum atomic E-state index is 0. The van der Waals surface area contributed by atoms with Crippen LogP contribution in [0.3, 0.4) is 0 Å². The van der Waals surface area contributed by atoms with E-state index in [2.05, 4.69) is 10.8 Å². The molecule has 0 atom stereocenters. The second-order valence-corrected chi connectivity index (χ2v) is 2.29. The van der Waals surface area contributed by atoms with Crippen molar-refractivity contribution in [2.45, 2.75) is 6.54 Å². The molecular weight excluding hydrogens is 191 g/mol. The van der Waals surface area contributed by atoms with Gasteiger partial charge in [0.25, 0.3) is 0 Å². The third kappa shape index (κ3) is 4.09. The number of thiophene rings is 1. The number of rotatable bonds is 2. The fraction of sp³-hybridized carbons (Fsp3) is 0.200. The first kappa shape index (κ1) is 12.8. The highest BCUT2D eigenvalue weighted by molar-refractivity contribution is 7.07. The molecule has 0 aliphatic heterocycles. The minimum Gasteiger partial charge on any atom is -0.271 e. The zero-order valence-corrected chi connectivity index (χ0v) is 7.69. The molecule has 0 fully saturated rings. The van der Waals surface area contributed by atoms with E-state index in [4.69, 9.17) is 5.84 Å². The minimum absolute atomic E-state index is 0. The third-order valence-corrected chi connectivity index (χ3v) is 1.62. The van der Waals surface area contributed by atoms with Crippen LogP contribution in [0.4, 0.5) is 0 Å². The molecule has 0 bridgehead atoms. The van der Waals surface area contributed by atoms with Gasteiger partial charge in [0, 0.05) is 6.54 Å². The van der Waals surface area contributed by atoms with E-state index >= 15 is 0 Å². The van der Waals surface area contributed by atoms with Crippen LogP contribution in [0.5, 0.6) is 0 Å². The van der Waals surface area contributed by atoms with Crippen molar-refractivity contribution in [2.75, 3.05) is 0 Å². The van der Waals surface area contributed by atoms with E-state index in [1.165, 1.54) is 5.56 Å². The molecule has 2 nitrogen and oxygen atoms in total. The van der Waals surface area contributed by atoms with Gasteiger partial charge in [-0.25, -0.2) is 0 Å². The van der Waals surface area contributed by atoms with E-state index in [-0.39, 0.29) is 24.8 Å². The molecule has 1 heterocycles. The highest BCUT2D eigenvalue weighted by Crippen LogP contribution is 2.03. The van der Waals surface area contributed by atoms with Gasteiger partial charge in [0.05, 0.1) is 0 Å². The van der Waals surface area contributed by atoms with Crippen molar-refractivity contribution in [1.82, 2.24) is 5.43 Å². The largest absolute Gasteiger partial charge is 0.271 e. The van der Waals surface area contributed by atoms with E-state index in [1.807, 2.05) is 11.4 Å². The Labute approximate surface area is 76.6 Å². The number of nitrogens with two attached hydrogens (primary N) is 1.